The summed E-state index contributed by atoms with van der Waals surface area (Å²) in [6.45, 7) is 1.77. The molecule has 0 saturated carbocycles. The minimum absolute atomic E-state index is 0.499. The minimum Gasteiger partial charge on any atom is -0.380 e. The van der Waals surface area contributed by atoms with Crippen LogP contribution >= 0.6 is 22.9 Å². The third-order valence-corrected chi connectivity index (χ3v) is 4.79. The van der Waals surface area contributed by atoms with Crippen molar-refractivity contribution in [2.24, 2.45) is 0 Å². The molecule has 1 N–H and O–H groups in total. The Hall–Kier alpha value is -0.0900. The molecule has 0 radical (unpaired) electrons. The van der Waals surface area contributed by atoms with Gasteiger partial charge in [0.15, 0.2) is 0 Å². The summed E-state index contributed by atoms with van der Waals surface area (Å²) in [5.41, 5.74) is 1.44. The molecule has 0 spiro atoms. The van der Waals surface area contributed by atoms with Crippen molar-refractivity contribution in [1.29, 1.82) is 0 Å². The molecule has 16 heavy (non-hydrogen) atoms. The SMILES string of the molecule is Clc1cc2c(s1)CCCC2NC1CCOC1. The Morgan fingerprint density at radius 3 is 3.19 bits per heavy atom. The fourth-order valence-electron chi connectivity index (χ4n) is 2.64. The Balaban J connectivity index is 1.75. The Morgan fingerprint density at radius 1 is 1.44 bits per heavy atom. The number of fused-ring (bicyclic) bond motifs is 1. The second kappa shape index (κ2) is 4.65. The first-order valence-electron chi connectivity index (χ1n) is 5.95. The molecule has 88 valence electrons. The summed E-state index contributed by atoms with van der Waals surface area (Å²) in [5.74, 6) is 0. The lowest BCUT2D eigenvalue weighted by atomic mass is 9.93. The molecule has 1 aromatic heterocycles. The molecule has 0 bridgehead atoms. The second-order valence-corrected chi connectivity index (χ2v) is 6.37. The predicted octanol–water partition coefficient (Wildman–Crippen LogP) is 3.16. The minimum atomic E-state index is 0.499. The molecule has 2 heterocycles. The van der Waals surface area contributed by atoms with Gasteiger partial charge in [-0.05, 0) is 37.3 Å². The standard InChI is InChI=1S/C12H16ClNOS/c13-12-6-9-10(2-1-3-11(9)16-12)14-8-4-5-15-7-8/h6,8,10,14H,1-5,7H2. The van der Waals surface area contributed by atoms with Gasteiger partial charge in [0.05, 0.1) is 10.9 Å². The quantitative estimate of drug-likeness (QED) is 0.879. The molecule has 2 aliphatic rings. The van der Waals surface area contributed by atoms with E-state index in [2.05, 4.69) is 11.4 Å². The third kappa shape index (κ3) is 2.14. The van der Waals surface area contributed by atoms with Crippen LogP contribution in [0.5, 0.6) is 0 Å². The number of nitrogens with one attached hydrogen (secondary N) is 1. The zero-order valence-corrected chi connectivity index (χ0v) is 10.7. The normalized spacial score (nSPS) is 29.3. The molecule has 0 amide bonds. The summed E-state index contributed by atoms with van der Waals surface area (Å²) in [4.78, 5) is 1.48. The lowest BCUT2D eigenvalue weighted by Gasteiger charge is -2.26. The van der Waals surface area contributed by atoms with Crippen LogP contribution in [-0.2, 0) is 11.2 Å². The van der Waals surface area contributed by atoms with E-state index in [1.54, 1.807) is 11.3 Å². The average Bonchev–Trinajstić information content (AvgIpc) is 2.86. The van der Waals surface area contributed by atoms with E-state index in [1.165, 1.54) is 29.7 Å². The van der Waals surface area contributed by atoms with Crippen LogP contribution in [0, 0.1) is 0 Å². The van der Waals surface area contributed by atoms with Crippen LogP contribution < -0.4 is 5.32 Å². The molecule has 1 aromatic rings. The van der Waals surface area contributed by atoms with Gasteiger partial charge in [-0.15, -0.1) is 11.3 Å². The molecule has 2 unspecified atom stereocenters. The molecule has 4 heteroatoms. The van der Waals surface area contributed by atoms with Gasteiger partial charge in [-0.3, -0.25) is 0 Å². The molecule has 3 rings (SSSR count). The summed E-state index contributed by atoms with van der Waals surface area (Å²) in [6.07, 6.45) is 4.85. The third-order valence-electron chi connectivity index (χ3n) is 3.45. The monoisotopic (exact) mass is 257 g/mol. The van der Waals surface area contributed by atoms with E-state index >= 15 is 0 Å². The van der Waals surface area contributed by atoms with E-state index < -0.39 is 0 Å². The van der Waals surface area contributed by atoms with Gasteiger partial charge in [0.1, 0.15) is 0 Å². The Morgan fingerprint density at radius 2 is 2.38 bits per heavy atom. The van der Waals surface area contributed by atoms with Gasteiger partial charge < -0.3 is 10.1 Å². The van der Waals surface area contributed by atoms with Crippen LogP contribution in [0.2, 0.25) is 4.34 Å². The van der Waals surface area contributed by atoms with Crippen LogP contribution in [0.25, 0.3) is 0 Å². The molecular weight excluding hydrogens is 242 g/mol. The molecular formula is C12H16ClNOS. The van der Waals surface area contributed by atoms with Crippen LogP contribution in [0.15, 0.2) is 6.07 Å². The van der Waals surface area contributed by atoms with Gasteiger partial charge in [0.25, 0.3) is 0 Å². The topological polar surface area (TPSA) is 21.3 Å². The van der Waals surface area contributed by atoms with Crippen molar-refractivity contribution in [2.75, 3.05) is 13.2 Å². The first-order chi connectivity index (χ1) is 7.83. The number of ether oxygens (including phenoxy) is 1. The Kier molecular flexibility index (Phi) is 3.20. The fourth-order valence-corrected chi connectivity index (χ4v) is 4.03. The average molecular weight is 258 g/mol. The van der Waals surface area contributed by atoms with Crippen molar-refractivity contribution in [3.05, 3.63) is 20.8 Å². The number of aryl methyl sites for hydroxylation is 1. The van der Waals surface area contributed by atoms with Gasteiger partial charge in [-0.1, -0.05) is 11.6 Å². The maximum Gasteiger partial charge on any atom is 0.0934 e. The summed E-state index contributed by atoms with van der Waals surface area (Å²) in [7, 11) is 0. The van der Waals surface area contributed by atoms with Gasteiger partial charge in [-0.2, -0.15) is 0 Å². The molecule has 1 saturated heterocycles. The highest BCUT2D eigenvalue weighted by molar-refractivity contribution is 7.16. The van der Waals surface area contributed by atoms with Crippen LogP contribution in [0.3, 0.4) is 0 Å². The maximum absolute atomic E-state index is 6.10. The largest absolute Gasteiger partial charge is 0.380 e. The molecule has 0 aromatic carbocycles. The highest BCUT2D eigenvalue weighted by Crippen LogP contribution is 2.38. The van der Waals surface area contributed by atoms with E-state index in [0.29, 0.717) is 12.1 Å². The second-order valence-electron chi connectivity index (χ2n) is 4.60. The lowest BCUT2D eigenvalue weighted by Crippen LogP contribution is -2.34. The van der Waals surface area contributed by atoms with Crippen molar-refractivity contribution < 1.29 is 4.74 Å². The van der Waals surface area contributed by atoms with Gasteiger partial charge in [0.2, 0.25) is 0 Å². The van der Waals surface area contributed by atoms with Gasteiger partial charge in [-0.25, -0.2) is 0 Å². The van der Waals surface area contributed by atoms with Crippen LogP contribution in [-0.4, -0.2) is 19.3 Å². The molecule has 2 atom stereocenters. The fraction of sp³-hybridized carbons (Fsp3) is 0.667. The van der Waals surface area contributed by atoms with Crippen molar-refractivity contribution in [2.45, 2.75) is 37.8 Å². The van der Waals surface area contributed by atoms with Gasteiger partial charge >= 0.3 is 0 Å². The zero-order valence-electron chi connectivity index (χ0n) is 9.17. The van der Waals surface area contributed by atoms with Crippen molar-refractivity contribution >= 4 is 22.9 Å². The number of rotatable bonds is 2. The Bertz CT molecular complexity index is 373. The van der Waals surface area contributed by atoms with E-state index in [-0.39, 0.29) is 0 Å². The Labute approximate surface area is 105 Å². The molecule has 1 fully saturated rings. The van der Waals surface area contributed by atoms with Crippen molar-refractivity contribution in [3.8, 4) is 0 Å². The molecule has 2 nitrogen and oxygen atoms in total. The van der Waals surface area contributed by atoms with E-state index in [4.69, 9.17) is 16.3 Å². The van der Waals surface area contributed by atoms with Crippen molar-refractivity contribution in [3.63, 3.8) is 0 Å². The summed E-state index contributed by atoms with van der Waals surface area (Å²) >= 11 is 7.84. The van der Waals surface area contributed by atoms with Crippen LogP contribution in [0.4, 0.5) is 0 Å². The van der Waals surface area contributed by atoms with Crippen LogP contribution in [0.1, 0.15) is 35.7 Å². The van der Waals surface area contributed by atoms with Crippen molar-refractivity contribution in [1.82, 2.24) is 5.32 Å². The smallest absolute Gasteiger partial charge is 0.0934 e. The van der Waals surface area contributed by atoms with E-state index in [1.807, 2.05) is 0 Å². The number of hydrogen-bond acceptors (Lipinski definition) is 3. The number of halogens is 1. The maximum atomic E-state index is 6.10. The summed E-state index contributed by atoms with van der Waals surface area (Å²) in [5, 5.41) is 3.71. The first-order valence-corrected chi connectivity index (χ1v) is 7.14. The van der Waals surface area contributed by atoms with E-state index in [9.17, 15) is 0 Å². The predicted molar refractivity (Wildman–Crippen MR) is 67.4 cm³/mol. The number of thiophene rings is 1. The summed E-state index contributed by atoms with van der Waals surface area (Å²) in [6, 6.07) is 3.18. The zero-order chi connectivity index (χ0) is 11.0. The van der Waals surface area contributed by atoms with E-state index in [0.717, 1.165) is 24.0 Å². The van der Waals surface area contributed by atoms with Gasteiger partial charge in [0, 0.05) is 23.6 Å². The highest BCUT2D eigenvalue weighted by Gasteiger charge is 2.26. The lowest BCUT2D eigenvalue weighted by molar-refractivity contribution is 0.187. The first kappa shape index (κ1) is 11.0. The molecule has 1 aliphatic carbocycles. The summed E-state index contributed by atoms with van der Waals surface area (Å²) < 4.78 is 6.34. The molecule has 1 aliphatic heterocycles. The number of hydrogen-bond donors (Lipinski definition) is 1. The highest BCUT2D eigenvalue weighted by atomic mass is 35.5.